The number of fused-ring (bicyclic) bond motifs is 1. The molecule has 0 bridgehead atoms. The number of anilines is 1. The van der Waals surface area contributed by atoms with E-state index >= 15 is 0 Å². The highest BCUT2D eigenvalue weighted by Crippen LogP contribution is 2.27. The van der Waals surface area contributed by atoms with E-state index in [1.807, 2.05) is 0 Å². The van der Waals surface area contributed by atoms with E-state index in [1.165, 1.54) is 4.90 Å². The number of carboxylic acid groups (broad SMARTS) is 1. The van der Waals surface area contributed by atoms with Crippen molar-refractivity contribution in [2.45, 2.75) is 6.04 Å². The van der Waals surface area contributed by atoms with Gasteiger partial charge in [0.05, 0.1) is 10.5 Å². The molecule has 0 saturated carbocycles. The molecule has 2 aromatic heterocycles. The average Bonchev–Trinajstić information content (AvgIpc) is 2.94. The molecule has 0 aliphatic carbocycles. The van der Waals surface area contributed by atoms with Crippen LogP contribution in [-0.4, -0.2) is 61.9 Å². The van der Waals surface area contributed by atoms with E-state index in [0.717, 1.165) is 4.47 Å². The lowest BCUT2D eigenvalue weighted by atomic mass is 10.1. The van der Waals surface area contributed by atoms with E-state index in [1.54, 1.807) is 18.6 Å². The number of hydrogen-bond acceptors (Lipinski definition) is 6. The number of aliphatic hydroxyl groups excluding tert-OH is 1. The molecule has 1 saturated heterocycles. The lowest BCUT2D eigenvalue weighted by Gasteiger charge is -2.19. The molecule has 1 amide bonds. The normalized spacial score (nSPS) is 21.3. The summed E-state index contributed by atoms with van der Waals surface area (Å²) in [5.41, 5.74) is 1.27. The first kappa shape index (κ1) is 14.9. The standard InChI is InChI=1S/C13H14BrN5O3/c14-8-3-17-12(11-10(8)15-1-2-16-11)18-9-5-19(13(21)22)4-7(9)6-20/h1-3,7,9,20H,4-6H2,(H,17,18)(H,21,22)/t7-,9+/m0/s1. The summed E-state index contributed by atoms with van der Waals surface area (Å²) in [5, 5.41) is 21.7. The van der Waals surface area contributed by atoms with E-state index in [9.17, 15) is 9.90 Å². The quantitative estimate of drug-likeness (QED) is 0.746. The first-order valence-electron chi connectivity index (χ1n) is 6.70. The monoisotopic (exact) mass is 367 g/mol. The van der Waals surface area contributed by atoms with E-state index in [2.05, 4.69) is 36.2 Å². The van der Waals surface area contributed by atoms with Gasteiger partial charge in [0.2, 0.25) is 0 Å². The van der Waals surface area contributed by atoms with E-state index < -0.39 is 6.09 Å². The van der Waals surface area contributed by atoms with Crippen LogP contribution >= 0.6 is 15.9 Å². The smallest absolute Gasteiger partial charge is 0.407 e. The van der Waals surface area contributed by atoms with Crippen LogP contribution in [0.3, 0.4) is 0 Å². The van der Waals surface area contributed by atoms with Crippen molar-refractivity contribution in [1.82, 2.24) is 19.9 Å². The summed E-state index contributed by atoms with van der Waals surface area (Å²) in [7, 11) is 0. The molecule has 8 nitrogen and oxygen atoms in total. The molecule has 1 fully saturated rings. The SMILES string of the molecule is O=C(O)N1C[C@@H](CO)[C@H](Nc2ncc(Br)c3nccnc23)C1. The Kier molecular flexibility index (Phi) is 4.08. The van der Waals surface area contributed by atoms with E-state index in [0.29, 0.717) is 29.9 Å². The summed E-state index contributed by atoms with van der Waals surface area (Å²) in [4.78, 5) is 25.2. The molecule has 9 heteroatoms. The predicted octanol–water partition coefficient (Wildman–Crippen LogP) is 1.17. The second kappa shape index (κ2) is 6.01. The molecule has 3 rings (SSSR count). The number of pyridine rings is 1. The molecule has 1 aliphatic heterocycles. The number of carbonyl (C=O) groups is 1. The molecule has 116 valence electrons. The van der Waals surface area contributed by atoms with Gasteiger partial charge in [-0.1, -0.05) is 0 Å². The van der Waals surface area contributed by atoms with E-state index in [-0.39, 0.29) is 18.6 Å². The summed E-state index contributed by atoms with van der Waals surface area (Å²) in [6.07, 6.45) is 3.80. The fourth-order valence-electron chi connectivity index (χ4n) is 2.59. The van der Waals surface area contributed by atoms with Gasteiger partial charge >= 0.3 is 6.09 Å². The first-order valence-corrected chi connectivity index (χ1v) is 7.50. The second-order valence-electron chi connectivity index (χ2n) is 5.09. The van der Waals surface area contributed by atoms with Crippen molar-refractivity contribution in [1.29, 1.82) is 0 Å². The average molecular weight is 368 g/mol. The highest BCUT2D eigenvalue weighted by Gasteiger charge is 2.35. The molecule has 0 unspecified atom stereocenters. The molecule has 1 aliphatic rings. The van der Waals surface area contributed by atoms with Gasteiger partial charge in [-0.2, -0.15) is 0 Å². The third-order valence-electron chi connectivity index (χ3n) is 3.72. The number of nitrogens with zero attached hydrogens (tertiary/aromatic N) is 4. The Morgan fingerprint density at radius 2 is 2.05 bits per heavy atom. The minimum absolute atomic E-state index is 0.0956. The zero-order chi connectivity index (χ0) is 15.7. The van der Waals surface area contributed by atoms with Crippen LogP contribution in [0.1, 0.15) is 0 Å². The molecule has 0 spiro atoms. The Balaban J connectivity index is 1.90. The minimum Gasteiger partial charge on any atom is -0.465 e. The number of likely N-dealkylation sites (tertiary alicyclic amines) is 1. The van der Waals surface area contributed by atoms with Crippen molar-refractivity contribution in [2.24, 2.45) is 5.92 Å². The summed E-state index contributed by atoms with van der Waals surface area (Å²) in [6, 6.07) is -0.222. The van der Waals surface area contributed by atoms with Crippen LogP contribution in [-0.2, 0) is 0 Å². The summed E-state index contributed by atoms with van der Waals surface area (Å²) < 4.78 is 0.735. The largest absolute Gasteiger partial charge is 0.465 e. The number of aliphatic hydroxyl groups is 1. The van der Waals surface area contributed by atoms with Gasteiger partial charge in [0.1, 0.15) is 11.0 Å². The summed E-state index contributed by atoms with van der Waals surface area (Å²) >= 11 is 3.38. The number of halogens is 1. The lowest BCUT2D eigenvalue weighted by Crippen LogP contribution is -2.32. The van der Waals surface area contributed by atoms with Crippen LogP contribution in [0.2, 0.25) is 0 Å². The van der Waals surface area contributed by atoms with Crippen LogP contribution in [0.5, 0.6) is 0 Å². The fourth-order valence-corrected chi connectivity index (χ4v) is 2.98. The van der Waals surface area contributed by atoms with Gasteiger partial charge in [0.25, 0.3) is 0 Å². The molecular weight excluding hydrogens is 354 g/mol. The Labute approximate surface area is 134 Å². The predicted molar refractivity (Wildman–Crippen MR) is 82.6 cm³/mol. The van der Waals surface area contributed by atoms with Crippen molar-refractivity contribution < 1.29 is 15.0 Å². The number of hydrogen-bond donors (Lipinski definition) is 3. The number of nitrogens with one attached hydrogen (secondary N) is 1. The van der Waals surface area contributed by atoms with Crippen LogP contribution in [0.15, 0.2) is 23.1 Å². The maximum atomic E-state index is 11.1. The molecule has 0 radical (unpaired) electrons. The van der Waals surface area contributed by atoms with Crippen molar-refractivity contribution in [3.8, 4) is 0 Å². The molecule has 0 aromatic carbocycles. The van der Waals surface area contributed by atoms with Gasteiger partial charge in [-0.05, 0) is 15.9 Å². The molecule has 2 atom stereocenters. The summed E-state index contributed by atoms with van der Waals surface area (Å²) in [6.45, 7) is 0.491. The zero-order valence-electron chi connectivity index (χ0n) is 11.5. The lowest BCUT2D eigenvalue weighted by molar-refractivity contribution is 0.150. The minimum atomic E-state index is -0.990. The Morgan fingerprint density at radius 1 is 1.32 bits per heavy atom. The van der Waals surface area contributed by atoms with Crippen LogP contribution in [0, 0.1) is 5.92 Å². The molecule has 3 N–H and O–H groups in total. The van der Waals surface area contributed by atoms with Gasteiger partial charge in [-0.3, -0.25) is 4.98 Å². The van der Waals surface area contributed by atoms with Gasteiger partial charge in [0, 0.05) is 44.2 Å². The highest BCUT2D eigenvalue weighted by molar-refractivity contribution is 9.10. The maximum absolute atomic E-state index is 11.1. The number of amides is 1. The summed E-state index contributed by atoms with van der Waals surface area (Å²) in [5.74, 6) is 0.343. The zero-order valence-corrected chi connectivity index (χ0v) is 13.1. The van der Waals surface area contributed by atoms with Gasteiger partial charge in [-0.25, -0.2) is 14.8 Å². The van der Waals surface area contributed by atoms with E-state index in [4.69, 9.17) is 5.11 Å². The van der Waals surface area contributed by atoms with Crippen molar-refractivity contribution in [2.75, 3.05) is 25.0 Å². The highest BCUT2D eigenvalue weighted by atomic mass is 79.9. The van der Waals surface area contributed by atoms with Gasteiger partial charge in [-0.15, -0.1) is 0 Å². The number of aromatic nitrogens is 3. The van der Waals surface area contributed by atoms with Gasteiger partial charge < -0.3 is 20.4 Å². The van der Waals surface area contributed by atoms with Crippen LogP contribution < -0.4 is 5.32 Å². The third kappa shape index (κ3) is 2.69. The van der Waals surface area contributed by atoms with Gasteiger partial charge in [0.15, 0.2) is 5.82 Å². The van der Waals surface area contributed by atoms with Crippen molar-refractivity contribution in [3.05, 3.63) is 23.1 Å². The Hall–Kier alpha value is -2.00. The Morgan fingerprint density at radius 3 is 2.73 bits per heavy atom. The van der Waals surface area contributed by atoms with Crippen LogP contribution in [0.25, 0.3) is 11.0 Å². The fraction of sp³-hybridized carbons (Fsp3) is 0.385. The first-order chi connectivity index (χ1) is 10.6. The van der Waals surface area contributed by atoms with Crippen molar-refractivity contribution in [3.63, 3.8) is 0 Å². The second-order valence-corrected chi connectivity index (χ2v) is 5.94. The molecule has 22 heavy (non-hydrogen) atoms. The number of rotatable bonds is 3. The topological polar surface area (TPSA) is 111 Å². The van der Waals surface area contributed by atoms with Crippen molar-refractivity contribution >= 4 is 38.9 Å². The van der Waals surface area contributed by atoms with Crippen LogP contribution in [0.4, 0.5) is 10.6 Å². The molecule has 2 aromatic rings. The molecular formula is C13H14BrN5O3. The maximum Gasteiger partial charge on any atom is 0.407 e. The Bertz CT molecular complexity index is 713. The molecule has 3 heterocycles. The third-order valence-corrected chi connectivity index (χ3v) is 4.30.